The molecule has 0 saturated carbocycles. The fourth-order valence-corrected chi connectivity index (χ4v) is 1.95. The van der Waals surface area contributed by atoms with Crippen molar-refractivity contribution in [1.82, 2.24) is 0 Å². The van der Waals surface area contributed by atoms with Gasteiger partial charge in [0.15, 0.2) is 0 Å². The smallest absolute Gasteiger partial charge is 0.228 e. The molecule has 0 aliphatic carbocycles. The van der Waals surface area contributed by atoms with Gasteiger partial charge >= 0.3 is 0 Å². The number of carbonyl (C=O) groups excluding carboxylic acids is 1. The van der Waals surface area contributed by atoms with Gasteiger partial charge in [-0.3, -0.25) is 4.79 Å². The summed E-state index contributed by atoms with van der Waals surface area (Å²) < 4.78 is 5.23. The number of nitrogens with two attached hydrogens (primary N) is 1. The molecule has 4 heteroatoms. The van der Waals surface area contributed by atoms with Crippen molar-refractivity contribution < 1.29 is 9.53 Å². The first-order valence-corrected chi connectivity index (χ1v) is 6.38. The summed E-state index contributed by atoms with van der Waals surface area (Å²) in [5.41, 5.74) is 9.04. The summed E-state index contributed by atoms with van der Waals surface area (Å²) >= 11 is 0. The van der Waals surface area contributed by atoms with Gasteiger partial charge in [-0.2, -0.15) is 0 Å². The number of hydrogen-bond donors (Lipinski definition) is 2. The highest BCUT2D eigenvalue weighted by atomic mass is 16.5. The maximum absolute atomic E-state index is 12.0. The molecule has 0 aromatic heterocycles. The average molecular weight is 270 g/mol. The molecule has 3 N–H and O–H groups in total. The highest BCUT2D eigenvalue weighted by molar-refractivity contribution is 5.93. The number of anilines is 2. The Morgan fingerprint density at radius 2 is 2.00 bits per heavy atom. The van der Waals surface area contributed by atoms with Crippen molar-refractivity contribution in [1.29, 1.82) is 0 Å². The van der Waals surface area contributed by atoms with Crippen molar-refractivity contribution in [2.45, 2.75) is 13.3 Å². The molecule has 0 fully saturated rings. The number of rotatable bonds is 4. The highest BCUT2D eigenvalue weighted by Gasteiger charge is 2.08. The Morgan fingerprint density at radius 3 is 2.70 bits per heavy atom. The normalized spacial score (nSPS) is 10.1. The fourth-order valence-electron chi connectivity index (χ4n) is 1.95. The first kappa shape index (κ1) is 13.9. The molecule has 0 atom stereocenters. The molecule has 2 rings (SSSR count). The molecule has 2 aromatic rings. The lowest BCUT2D eigenvalue weighted by Crippen LogP contribution is -2.15. The molecular weight excluding hydrogens is 252 g/mol. The third kappa shape index (κ3) is 3.29. The molecule has 0 aliphatic heterocycles. The van der Waals surface area contributed by atoms with Crippen LogP contribution >= 0.6 is 0 Å². The molecule has 0 bridgehead atoms. The molecule has 0 saturated heterocycles. The van der Waals surface area contributed by atoms with Crippen LogP contribution in [0.1, 0.15) is 11.1 Å². The topological polar surface area (TPSA) is 64.3 Å². The van der Waals surface area contributed by atoms with Crippen molar-refractivity contribution in [3.63, 3.8) is 0 Å². The molecule has 2 aromatic carbocycles. The monoisotopic (exact) mass is 270 g/mol. The zero-order chi connectivity index (χ0) is 14.5. The first-order valence-electron chi connectivity index (χ1n) is 6.38. The van der Waals surface area contributed by atoms with Crippen LogP contribution in [0.25, 0.3) is 0 Å². The number of aryl methyl sites for hydroxylation is 1. The average Bonchev–Trinajstić information content (AvgIpc) is 2.43. The van der Waals surface area contributed by atoms with Crippen molar-refractivity contribution in [3.05, 3.63) is 53.6 Å². The Morgan fingerprint density at radius 1 is 1.25 bits per heavy atom. The van der Waals surface area contributed by atoms with E-state index in [0.717, 1.165) is 11.1 Å². The van der Waals surface area contributed by atoms with E-state index < -0.39 is 0 Å². The largest absolute Gasteiger partial charge is 0.496 e. The summed E-state index contributed by atoms with van der Waals surface area (Å²) in [4.78, 5) is 12.0. The molecule has 0 radical (unpaired) electrons. The van der Waals surface area contributed by atoms with E-state index >= 15 is 0 Å². The first-order chi connectivity index (χ1) is 9.60. The van der Waals surface area contributed by atoms with Gasteiger partial charge in [0, 0.05) is 16.9 Å². The van der Waals surface area contributed by atoms with Gasteiger partial charge < -0.3 is 15.8 Å². The van der Waals surface area contributed by atoms with Crippen LogP contribution in [0.3, 0.4) is 0 Å². The molecule has 1 amide bonds. The van der Waals surface area contributed by atoms with Gasteiger partial charge in [-0.05, 0) is 30.7 Å². The molecule has 4 nitrogen and oxygen atoms in total. The maximum Gasteiger partial charge on any atom is 0.228 e. The quantitative estimate of drug-likeness (QED) is 0.840. The number of ether oxygens (including phenoxy) is 1. The Hall–Kier alpha value is -2.49. The van der Waals surface area contributed by atoms with E-state index in [4.69, 9.17) is 10.5 Å². The number of amides is 1. The summed E-state index contributed by atoms with van der Waals surface area (Å²) in [6.45, 7) is 1.93. The highest BCUT2D eigenvalue weighted by Crippen LogP contribution is 2.20. The third-order valence-corrected chi connectivity index (χ3v) is 3.11. The van der Waals surface area contributed by atoms with Gasteiger partial charge in [-0.25, -0.2) is 0 Å². The minimum absolute atomic E-state index is 0.0993. The number of para-hydroxylation sites is 1. The van der Waals surface area contributed by atoms with E-state index in [1.165, 1.54) is 0 Å². The maximum atomic E-state index is 12.0. The minimum Gasteiger partial charge on any atom is -0.496 e. The van der Waals surface area contributed by atoms with Crippen LogP contribution < -0.4 is 15.8 Å². The van der Waals surface area contributed by atoms with Crippen molar-refractivity contribution in [2.24, 2.45) is 0 Å². The number of hydrogen-bond acceptors (Lipinski definition) is 3. The predicted octanol–water partition coefficient (Wildman–Crippen LogP) is 2.77. The van der Waals surface area contributed by atoms with E-state index in [1.54, 1.807) is 13.2 Å². The summed E-state index contributed by atoms with van der Waals surface area (Å²) in [6.07, 6.45) is 0.262. The van der Waals surface area contributed by atoms with Crippen LogP contribution in [0.15, 0.2) is 42.5 Å². The number of methoxy groups -OCH3 is 1. The second-order valence-corrected chi connectivity index (χ2v) is 4.61. The number of nitrogens with one attached hydrogen (secondary N) is 1. The number of benzene rings is 2. The van der Waals surface area contributed by atoms with E-state index in [2.05, 4.69) is 5.32 Å². The standard InChI is InChI=1S/C16H18N2O2/c1-11-7-8-13(10-14(11)17)18-16(19)9-12-5-3-4-6-15(12)20-2/h3-8,10H,9,17H2,1-2H3,(H,18,19). The molecule has 0 spiro atoms. The molecule has 0 heterocycles. The SMILES string of the molecule is COc1ccccc1CC(=O)Nc1ccc(C)c(N)c1. The third-order valence-electron chi connectivity index (χ3n) is 3.11. The Labute approximate surface area is 118 Å². The van der Waals surface area contributed by atoms with Crippen molar-refractivity contribution >= 4 is 17.3 Å². The van der Waals surface area contributed by atoms with Crippen LogP contribution in [-0.4, -0.2) is 13.0 Å². The van der Waals surface area contributed by atoms with Crippen molar-refractivity contribution in [2.75, 3.05) is 18.2 Å². The molecule has 20 heavy (non-hydrogen) atoms. The van der Waals surface area contributed by atoms with Crippen LogP contribution in [-0.2, 0) is 11.2 Å². The second-order valence-electron chi connectivity index (χ2n) is 4.61. The Bertz CT molecular complexity index is 624. The summed E-state index contributed by atoms with van der Waals surface area (Å²) in [5, 5.41) is 2.84. The van der Waals surface area contributed by atoms with E-state index in [1.807, 2.05) is 43.3 Å². The lowest BCUT2D eigenvalue weighted by atomic mass is 10.1. The lowest BCUT2D eigenvalue weighted by molar-refractivity contribution is -0.115. The van der Waals surface area contributed by atoms with Crippen LogP contribution in [0.5, 0.6) is 5.75 Å². The van der Waals surface area contributed by atoms with Gasteiger partial charge in [0.2, 0.25) is 5.91 Å². The molecule has 104 valence electrons. The minimum atomic E-state index is -0.0993. The van der Waals surface area contributed by atoms with Crippen molar-refractivity contribution in [3.8, 4) is 5.75 Å². The molecular formula is C16H18N2O2. The zero-order valence-electron chi connectivity index (χ0n) is 11.6. The van der Waals surface area contributed by atoms with E-state index in [-0.39, 0.29) is 12.3 Å². The molecule has 0 aliphatic rings. The van der Waals surface area contributed by atoms with Gasteiger partial charge in [0.25, 0.3) is 0 Å². The summed E-state index contributed by atoms with van der Waals surface area (Å²) in [7, 11) is 1.59. The van der Waals surface area contributed by atoms with Crippen LogP contribution in [0.4, 0.5) is 11.4 Å². The van der Waals surface area contributed by atoms with Crippen LogP contribution in [0, 0.1) is 6.92 Å². The summed E-state index contributed by atoms with van der Waals surface area (Å²) in [5.74, 6) is 0.615. The fraction of sp³-hybridized carbons (Fsp3) is 0.188. The Balaban J connectivity index is 2.07. The van der Waals surface area contributed by atoms with Gasteiger partial charge in [0.1, 0.15) is 5.75 Å². The Kier molecular flexibility index (Phi) is 4.25. The number of nitrogen functional groups attached to an aromatic ring is 1. The molecule has 0 unspecified atom stereocenters. The lowest BCUT2D eigenvalue weighted by Gasteiger charge is -2.10. The predicted molar refractivity (Wildman–Crippen MR) is 80.9 cm³/mol. The second kappa shape index (κ2) is 6.10. The van der Waals surface area contributed by atoms with Gasteiger partial charge in [0.05, 0.1) is 13.5 Å². The van der Waals surface area contributed by atoms with E-state index in [0.29, 0.717) is 17.1 Å². The van der Waals surface area contributed by atoms with Crippen LogP contribution in [0.2, 0.25) is 0 Å². The van der Waals surface area contributed by atoms with E-state index in [9.17, 15) is 4.79 Å². The number of carbonyl (C=O) groups is 1. The zero-order valence-corrected chi connectivity index (χ0v) is 11.6. The van der Waals surface area contributed by atoms with Gasteiger partial charge in [-0.1, -0.05) is 24.3 Å². The van der Waals surface area contributed by atoms with Gasteiger partial charge in [-0.15, -0.1) is 0 Å². The summed E-state index contributed by atoms with van der Waals surface area (Å²) in [6, 6.07) is 13.0.